The van der Waals surface area contributed by atoms with Gasteiger partial charge in [0.1, 0.15) is 17.9 Å². The summed E-state index contributed by atoms with van der Waals surface area (Å²) in [5, 5.41) is 0. The molecule has 0 amide bonds. The lowest BCUT2D eigenvalue weighted by molar-refractivity contribution is 0.449. The Morgan fingerprint density at radius 3 is 2.68 bits per heavy atom. The zero-order valence-electron chi connectivity index (χ0n) is 11.4. The fourth-order valence-corrected chi connectivity index (χ4v) is 1.98. The summed E-state index contributed by atoms with van der Waals surface area (Å²) >= 11 is 0. The largest absolute Gasteiger partial charge is 0.438 e. The molecule has 0 aliphatic carbocycles. The van der Waals surface area contributed by atoms with Gasteiger partial charge < -0.3 is 10.5 Å². The number of benzene rings is 1. The van der Waals surface area contributed by atoms with E-state index in [0.717, 1.165) is 36.1 Å². The van der Waals surface area contributed by atoms with E-state index in [1.165, 1.54) is 6.33 Å². The molecule has 0 bridgehead atoms. The maximum absolute atomic E-state index is 5.93. The van der Waals surface area contributed by atoms with Gasteiger partial charge in [-0.05, 0) is 24.5 Å². The first-order chi connectivity index (χ1) is 9.26. The summed E-state index contributed by atoms with van der Waals surface area (Å²) in [7, 11) is 0. The van der Waals surface area contributed by atoms with Crippen molar-refractivity contribution in [1.82, 2.24) is 9.97 Å². The Kier molecular flexibility index (Phi) is 4.34. The molecule has 100 valence electrons. The number of hydrogen-bond acceptors (Lipinski definition) is 4. The molecule has 1 aromatic carbocycles. The minimum Gasteiger partial charge on any atom is -0.438 e. The third-order valence-corrected chi connectivity index (χ3v) is 3.00. The van der Waals surface area contributed by atoms with Crippen LogP contribution in [0, 0.1) is 0 Å². The van der Waals surface area contributed by atoms with Gasteiger partial charge in [0.05, 0.1) is 5.56 Å². The topological polar surface area (TPSA) is 61.0 Å². The highest BCUT2D eigenvalue weighted by Gasteiger charge is 2.12. The molecule has 0 atom stereocenters. The first kappa shape index (κ1) is 13.3. The van der Waals surface area contributed by atoms with Crippen LogP contribution in [0.4, 0.5) is 5.82 Å². The highest BCUT2D eigenvalue weighted by Crippen LogP contribution is 2.29. The quantitative estimate of drug-likeness (QED) is 0.892. The summed E-state index contributed by atoms with van der Waals surface area (Å²) in [5.74, 6) is 1.90. The lowest BCUT2D eigenvalue weighted by Crippen LogP contribution is -2.03. The van der Waals surface area contributed by atoms with Crippen molar-refractivity contribution in [2.75, 3.05) is 5.73 Å². The van der Waals surface area contributed by atoms with Crippen molar-refractivity contribution >= 4 is 5.82 Å². The summed E-state index contributed by atoms with van der Waals surface area (Å²) < 4.78 is 5.93. The highest BCUT2D eigenvalue weighted by molar-refractivity contribution is 5.47. The van der Waals surface area contributed by atoms with E-state index < -0.39 is 0 Å². The molecule has 0 aliphatic rings. The minimum absolute atomic E-state index is 0.501. The van der Waals surface area contributed by atoms with Crippen LogP contribution in [0.25, 0.3) is 0 Å². The Labute approximate surface area is 113 Å². The zero-order chi connectivity index (χ0) is 13.7. The third kappa shape index (κ3) is 3.02. The predicted octanol–water partition coefficient (Wildman–Crippen LogP) is 3.37. The number of hydrogen-bond donors (Lipinski definition) is 1. The molecule has 0 spiro atoms. The van der Waals surface area contributed by atoms with Crippen LogP contribution in [0.15, 0.2) is 30.6 Å². The number of aryl methyl sites for hydroxylation is 1. The van der Waals surface area contributed by atoms with Crippen molar-refractivity contribution in [1.29, 1.82) is 0 Å². The molecule has 1 aromatic heterocycles. The second-order valence-corrected chi connectivity index (χ2v) is 4.36. The number of nitrogens with two attached hydrogens (primary N) is 1. The molecule has 0 aliphatic heterocycles. The van der Waals surface area contributed by atoms with Crippen LogP contribution in [0.3, 0.4) is 0 Å². The molecule has 0 fully saturated rings. The lowest BCUT2D eigenvalue weighted by Gasteiger charge is -2.13. The van der Waals surface area contributed by atoms with Crippen LogP contribution >= 0.6 is 0 Å². The smallest absolute Gasteiger partial charge is 0.227 e. The first-order valence-corrected chi connectivity index (χ1v) is 6.61. The Hall–Kier alpha value is -2.10. The standard InChI is InChI=1S/C15H19N3O/c1-3-7-12-14(16)17-10-18-15(12)19-13-9-6-5-8-11(13)4-2/h5-6,8-10H,3-4,7H2,1-2H3,(H2,16,17,18). The number of aromatic nitrogens is 2. The van der Waals surface area contributed by atoms with Crippen molar-refractivity contribution in [3.05, 3.63) is 41.7 Å². The van der Waals surface area contributed by atoms with E-state index in [0.29, 0.717) is 11.7 Å². The summed E-state index contributed by atoms with van der Waals surface area (Å²) in [6.45, 7) is 4.19. The van der Waals surface area contributed by atoms with E-state index in [4.69, 9.17) is 10.5 Å². The van der Waals surface area contributed by atoms with E-state index >= 15 is 0 Å². The van der Waals surface area contributed by atoms with Crippen molar-refractivity contribution < 1.29 is 4.74 Å². The van der Waals surface area contributed by atoms with E-state index in [-0.39, 0.29) is 0 Å². The van der Waals surface area contributed by atoms with Crippen molar-refractivity contribution in [3.8, 4) is 11.6 Å². The van der Waals surface area contributed by atoms with E-state index in [1.807, 2.05) is 18.2 Å². The van der Waals surface area contributed by atoms with Gasteiger partial charge in [-0.3, -0.25) is 0 Å². The molecule has 2 rings (SSSR count). The van der Waals surface area contributed by atoms with E-state index in [1.54, 1.807) is 0 Å². The number of ether oxygens (including phenoxy) is 1. The van der Waals surface area contributed by atoms with E-state index in [9.17, 15) is 0 Å². The summed E-state index contributed by atoms with van der Waals surface area (Å²) in [6.07, 6.45) is 4.15. The monoisotopic (exact) mass is 257 g/mol. The second-order valence-electron chi connectivity index (χ2n) is 4.36. The molecular weight excluding hydrogens is 238 g/mol. The van der Waals surface area contributed by atoms with Crippen LogP contribution in [0.1, 0.15) is 31.4 Å². The number of rotatable bonds is 5. The average molecular weight is 257 g/mol. The third-order valence-electron chi connectivity index (χ3n) is 3.00. The summed E-state index contributed by atoms with van der Waals surface area (Å²) in [4.78, 5) is 8.24. The molecule has 0 unspecified atom stereocenters. The van der Waals surface area contributed by atoms with Crippen molar-refractivity contribution in [3.63, 3.8) is 0 Å². The van der Waals surface area contributed by atoms with Gasteiger partial charge in [0.25, 0.3) is 0 Å². The molecule has 0 radical (unpaired) electrons. The van der Waals surface area contributed by atoms with Gasteiger partial charge in [0.2, 0.25) is 5.88 Å². The number of nitrogen functional groups attached to an aromatic ring is 1. The van der Waals surface area contributed by atoms with Gasteiger partial charge in [0, 0.05) is 0 Å². The maximum Gasteiger partial charge on any atom is 0.227 e. The molecule has 0 saturated carbocycles. The van der Waals surface area contributed by atoms with Crippen LogP contribution in [0.5, 0.6) is 11.6 Å². The van der Waals surface area contributed by atoms with Crippen LogP contribution < -0.4 is 10.5 Å². The molecule has 4 nitrogen and oxygen atoms in total. The Morgan fingerprint density at radius 1 is 1.16 bits per heavy atom. The summed E-state index contributed by atoms with van der Waals surface area (Å²) in [6, 6.07) is 7.97. The van der Waals surface area contributed by atoms with Crippen molar-refractivity contribution in [2.24, 2.45) is 0 Å². The molecule has 4 heteroatoms. The average Bonchev–Trinajstić information content (AvgIpc) is 2.43. The summed E-state index contributed by atoms with van der Waals surface area (Å²) in [5.41, 5.74) is 7.94. The van der Waals surface area contributed by atoms with Gasteiger partial charge in [-0.25, -0.2) is 9.97 Å². The van der Waals surface area contributed by atoms with Gasteiger partial charge in [0.15, 0.2) is 0 Å². The van der Waals surface area contributed by atoms with Crippen LogP contribution in [0.2, 0.25) is 0 Å². The predicted molar refractivity (Wildman–Crippen MR) is 76.3 cm³/mol. The normalized spacial score (nSPS) is 10.4. The Bertz CT molecular complexity index is 555. The maximum atomic E-state index is 5.93. The van der Waals surface area contributed by atoms with Crippen molar-refractivity contribution in [2.45, 2.75) is 33.1 Å². The Balaban J connectivity index is 2.35. The number of anilines is 1. The SMILES string of the molecule is CCCc1c(N)ncnc1Oc1ccccc1CC. The van der Waals surface area contributed by atoms with Gasteiger partial charge in [-0.2, -0.15) is 0 Å². The highest BCUT2D eigenvalue weighted by atomic mass is 16.5. The molecule has 2 N–H and O–H groups in total. The molecular formula is C15H19N3O. The number of nitrogens with zero attached hydrogens (tertiary/aromatic N) is 2. The molecule has 2 aromatic rings. The second kappa shape index (κ2) is 6.18. The number of para-hydroxylation sites is 1. The zero-order valence-corrected chi connectivity index (χ0v) is 11.4. The molecule has 19 heavy (non-hydrogen) atoms. The lowest BCUT2D eigenvalue weighted by atomic mass is 10.1. The molecule has 1 heterocycles. The fourth-order valence-electron chi connectivity index (χ4n) is 1.98. The van der Waals surface area contributed by atoms with Crippen LogP contribution in [-0.4, -0.2) is 9.97 Å². The Morgan fingerprint density at radius 2 is 1.95 bits per heavy atom. The fraction of sp³-hybridized carbons (Fsp3) is 0.333. The first-order valence-electron chi connectivity index (χ1n) is 6.61. The minimum atomic E-state index is 0.501. The molecule has 0 saturated heterocycles. The van der Waals surface area contributed by atoms with E-state index in [2.05, 4.69) is 29.9 Å². The van der Waals surface area contributed by atoms with Crippen LogP contribution in [-0.2, 0) is 12.8 Å². The van der Waals surface area contributed by atoms with Gasteiger partial charge in [-0.15, -0.1) is 0 Å². The van der Waals surface area contributed by atoms with Gasteiger partial charge in [-0.1, -0.05) is 38.5 Å². The van der Waals surface area contributed by atoms with Gasteiger partial charge >= 0.3 is 0 Å².